The van der Waals surface area contributed by atoms with Crippen LogP contribution >= 0.6 is 36.0 Å². The molecular weight excluding hydrogens is 451 g/mol. The summed E-state index contributed by atoms with van der Waals surface area (Å²) in [5.41, 5.74) is 4.48. The van der Waals surface area contributed by atoms with Crippen molar-refractivity contribution in [3.8, 4) is 11.3 Å². The molecule has 31 heavy (non-hydrogen) atoms. The summed E-state index contributed by atoms with van der Waals surface area (Å²) < 4.78 is 1.17. The Balaban J connectivity index is 1.59. The lowest BCUT2D eigenvalue weighted by Crippen LogP contribution is -2.34. The summed E-state index contributed by atoms with van der Waals surface area (Å²) in [6.45, 7) is 2.29. The smallest absolute Gasteiger partial charge is 0.332 e. The van der Waals surface area contributed by atoms with E-state index in [0.717, 1.165) is 48.4 Å². The minimum Gasteiger partial charge on any atom is -0.369 e. The van der Waals surface area contributed by atoms with Gasteiger partial charge in [-0.2, -0.15) is 0 Å². The molecule has 0 spiro atoms. The van der Waals surface area contributed by atoms with Gasteiger partial charge >= 0.3 is 6.03 Å². The lowest BCUT2D eigenvalue weighted by Gasteiger charge is -2.25. The number of aromatic nitrogens is 1. The van der Waals surface area contributed by atoms with Crippen LogP contribution in [0.25, 0.3) is 11.3 Å². The van der Waals surface area contributed by atoms with Crippen LogP contribution in [0.5, 0.6) is 0 Å². The molecule has 1 aliphatic heterocycles. The molecule has 0 radical (unpaired) electrons. The fraction of sp³-hybridized carbons (Fsp3) is 0.217. The summed E-state index contributed by atoms with van der Waals surface area (Å²) in [5, 5.41) is 3.59. The monoisotopic (exact) mass is 472 g/mol. The van der Waals surface area contributed by atoms with E-state index >= 15 is 0 Å². The maximum atomic E-state index is 12.8. The molecule has 1 N–H and O–H groups in total. The number of anilines is 2. The number of rotatable bonds is 5. The highest BCUT2D eigenvalue weighted by Gasteiger charge is 2.22. The van der Waals surface area contributed by atoms with E-state index < -0.39 is 6.03 Å². The van der Waals surface area contributed by atoms with Crippen LogP contribution in [0.2, 0.25) is 10.0 Å². The van der Waals surface area contributed by atoms with E-state index in [4.69, 9.17) is 23.2 Å². The third kappa shape index (κ3) is 4.76. The molecule has 0 aliphatic carbocycles. The number of carbonyl (C=O) groups excluding carboxylic acids is 1. The van der Waals surface area contributed by atoms with Gasteiger partial charge in [0.15, 0.2) is 0 Å². The zero-order chi connectivity index (χ0) is 21.8. The van der Waals surface area contributed by atoms with E-state index in [-0.39, 0.29) is 5.02 Å². The van der Waals surface area contributed by atoms with Gasteiger partial charge in [0.25, 0.3) is 0 Å². The van der Waals surface area contributed by atoms with Gasteiger partial charge in [-0.25, -0.2) is 9.10 Å². The number of nitrogens with zero attached hydrogens (tertiary/aromatic N) is 3. The minimum absolute atomic E-state index is 0.280. The number of halogens is 2. The first-order chi connectivity index (χ1) is 15.1. The molecule has 2 amide bonds. The third-order valence-electron chi connectivity index (χ3n) is 5.26. The van der Waals surface area contributed by atoms with Gasteiger partial charge in [-0.1, -0.05) is 72.4 Å². The molecule has 1 saturated heterocycles. The molecular formula is C23H22Cl2N4OS. The number of nitrogens with one attached hydrogen (secondary N) is 1. The number of thiol groups is 1. The average Bonchev–Trinajstić information content (AvgIpc) is 3.33. The molecule has 0 atom stereocenters. The van der Waals surface area contributed by atoms with Gasteiger partial charge < -0.3 is 10.2 Å². The van der Waals surface area contributed by atoms with E-state index in [2.05, 4.69) is 40.1 Å². The minimum atomic E-state index is -0.391. The predicted octanol–water partition coefficient (Wildman–Crippen LogP) is 6.22. The van der Waals surface area contributed by atoms with Crippen molar-refractivity contribution < 1.29 is 4.79 Å². The molecule has 3 aromatic rings. The van der Waals surface area contributed by atoms with Gasteiger partial charge in [0.1, 0.15) is 0 Å². The number of urea groups is 1. The van der Waals surface area contributed by atoms with Crippen molar-refractivity contribution in [1.29, 1.82) is 0 Å². The predicted molar refractivity (Wildman–Crippen MR) is 131 cm³/mol. The average molecular weight is 473 g/mol. The van der Waals surface area contributed by atoms with Gasteiger partial charge in [0.05, 0.1) is 27.1 Å². The Morgan fingerprint density at radius 2 is 1.81 bits per heavy atom. The highest BCUT2D eigenvalue weighted by Crippen LogP contribution is 2.35. The van der Waals surface area contributed by atoms with Crippen molar-refractivity contribution in [3.05, 3.63) is 76.4 Å². The Hall–Kier alpha value is -2.41. The molecule has 0 unspecified atom stereocenters. The number of pyridine rings is 1. The molecule has 2 aromatic carbocycles. The number of benzene rings is 2. The lowest BCUT2D eigenvalue weighted by atomic mass is 10.0. The van der Waals surface area contributed by atoms with E-state index in [1.807, 2.05) is 24.3 Å². The normalized spacial score (nSPS) is 13.3. The quantitative estimate of drug-likeness (QED) is 0.433. The lowest BCUT2D eigenvalue weighted by molar-refractivity contribution is 0.249. The zero-order valence-corrected chi connectivity index (χ0v) is 19.2. The molecule has 1 aliphatic rings. The van der Waals surface area contributed by atoms with Crippen molar-refractivity contribution >= 4 is 53.4 Å². The SMILES string of the molecule is O=C(NCc1ccnc(-c2ccccc2)c1N1CCCC1)N(S)c1cccc(Cl)c1Cl. The van der Waals surface area contributed by atoms with Gasteiger partial charge in [-0.3, -0.25) is 4.98 Å². The fourth-order valence-corrected chi connectivity index (χ4v) is 4.42. The molecule has 160 valence electrons. The van der Waals surface area contributed by atoms with Crippen LogP contribution < -0.4 is 14.5 Å². The maximum absolute atomic E-state index is 12.8. The van der Waals surface area contributed by atoms with Gasteiger partial charge in [0, 0.05) is 31.4 Å². The molecule has 1 aromatic heterocycles. The Morgan fingerprint density at radius 1 is 1.06 bits per heavy atom. The summed E-state index contributed by atoms with van der Waals surface area (Å²) in [4.78, 5) is 19.8. The zero-order valence-electron chi connectivity index (χ0n) is 16.8. The van der Waals surface area contributed by atoms with E-state index in [1.165, 1.54) is 4.31 Å². The van der Waals surface area contributed by atoms with Crippen molar-refractivity contribution in [2.24, 2.45) is 0 Å². The Kier molecular flexibility index (Phi) is 6.90. The topological polar surface area (TPSA) is 48.5 Å². The standard InChI is InChI=1S/C23H22Cl2N4OS/c24-18-9-6-10-19(20(18)25)29(31)23(30)27-15-17-11-12-26-21(16-7-2-1-3-8-16)22(17)28-13-4-5-14-28/h1-3,6-12,31H,4-5,13-15H2,(H,27,30). The second-order valence-electron chi connectivity index (χ2n) is 7.27. The Labute approximate surface area is 197 Å². The highest BCUT2D eigenvalue weighted by molar-refractivity contribution is 7.82. The van der Waals surface area contributed by atoms with Crippen molar-refractivity contribution in [2.45, 2.75) is 19.4 Å². The van der Waals surface area contributed by atoms with Crippen LogP contribution in [-0.2, 0) is 6.54 Å². The summed E-state index contributed by atoms with van der Waals surface area (Å²) in [5.74, 6) is 0. The maximum Gasteiger partial charge on any atom is 0.332 e. The molecule has 5 nitrogen and oxygen atoms in total. The molecule has 0 bridgehead atoms. The Bertz CT molecular complexity index is 1070. The Morgan fingerprint density at radius 3 is 2.55 bits per heavy atom. The van der Waals surface area contributed by atoms with Crippen LogP contribution in [0.3, 0.4) is 0 Å². The van der Waals surface area contributed by atoms with Crippen LogP contribution in [-0.4, -0.2) is 24.1 Å². The number of amides is 2. The third-order valence-corrected chi connectivity index (χ3v) is 6.47. The summed E-state index contributed by atoms with van der Waals surface area (Å²) >= 11 is 16.6. The fourth-order valence-electron chi connectivity index (χ4n) is 3.75. The molecule has 2 heterocycles. The van der Waals surface area contributed by atoms with Crippen LogP contribution in [0.4, 0.5) is 16.2 Å². The first-order valence-corrected chi connectivity index (χ1v) is 11.2. The summed E-state index contributed by atoms with van der Waals surface area (Å²) in [7, 11) is 0. The number of hydrogen-bond donors (Lipinski definition) is 2. The van der Waals surface area contributed by atoms with Crippen molar-refractivity contribution in [1.82, 2.24) is 10.3 Å². The molecule has 4 rings (SSSR count). The second-order valence-corrected chi connectivity index (χ2v) is 8.46. The van der Waals surface area contributed by atoms with Crippen LogP contribution in [0.15, 0.2) is 60.8 Å². The summed E-state index contributed by atoms with van der Waals surface area (Å²) in [6, 6.07) is 16.8. The largest absolute Gasteiger partial charge is 0.369 e. The van der Waals surface area contributed by atoms with Gasteiger partial charge in [0.2, 0.25) is 0 Å². The molecule has 0 saturated carbocycles. The van der Waals surface area contributed by atoms with E-state index in [1.54, 1.807) is 24.4 Å². The first-order valence-electron chi connectivity index (χ1n) is 10.1. The number of carbonyl (C=O) groups is 1. The van der Waals surface area contributed by atoms with Crippen LogP contribution in [0, 0.1) is 0 Å². The molecule has 1 fully saturated rings. The summed E-state index contributed by atoms with van der Waals surface area (Å²) in [6.07, 6.45) is 4.08. The second kappa shape index (κ2) is 9.81. The van der Waals surface area contributed by atoms with E-state index in [0.29, 0.717) is 17.3 Å². The molecule has 8 heteroatoms. The number of hydrogen-bond acceptors (Lipinski definition) is 4. The van der Waals surface area contributed by atoms with Crippen molar-refractivity contribution in [2.75, 3.05) is 22.3 Å². The van der Waals surface area contributed by atoms with Gasteiger partial charge in [-0.15, -0.1) is 0 Å². The first kappa shape index (κ1) is 21.8. The highest BCUT2D eigenvalue weighted by atomic mass is 35.5. The van der Waals surface area contributed by atoms with Crippen molar-refractivity contribution in [3.63, 3.8) is 0 Å². The van der Waals surface area contributed by atoms with Gasteiger partial charge in [-0.05, 0) is 36.6 Å². The van der Waals surface area contributed by atoms with Crippen LogP contribution in [0.1, 0.15) is 18.4 Å². The van der Waals surface area contributed by atoms with E-state index in [9.17, 15) is 4.79 Å².